The van der Waals surface area contributed by atoms with Gasteiger partial charge < -0.3 is 34.2 Å². The number of likely N-dealkylation sites (tertiary alicyclic amines) is 1. The van der Waals surface area contributed by atoms with Crippen LogP contribution in [0, 0.1) is 6.92 Å². The van der Waals surface area contributed by atoms with Gasteiger partial charge in [0.05, 0.1) is 32.9 Å². The van der Waals surface area contributed by atoms with Gasteiger partial charge >= 0.3 is 12.0 Å². The fraction of sp³-hybridized carbons (Fsp3) is 0.441. The molecule has 0 saturated carbocycles. The first-order valence-electron chi connectivity index (χ1n) is 15.4. The van der Waals surface area contributed by atoms with Gasteiger partial charge in [0.2, 0.25) is 5.91 Å². The number of carbonyl (C=O) groups is 3. The summed E-state index contributed by atoms with van der Waals surface area (Å²) in [6.07, 6.45) is 2.90. The van der Waals surface area contributed by atoms with Gasteiger partial charge in [-0.3, -0.25) is 4.79 Å². The van der Waals surface area contributed by atoms with Gasteiger partial charge in [-0.25, -0.2) is 9.59 Å². The van der Waals surface area contributed by atoms with Gasteiger partial charge in [-0.05, 0) is 105 Å². The number of methoxy groups -OCH3 is 2. The summed E-state index contributed by atoms with van der Waals surface area (Å²) < 4.78 is 15.9. The Morgan fingerprint density at radius 1 is 0.933 bits per heavy atom. The first-order chi connectivity index (χ1) is 21.8. The average molecular weight is 637 g/mol. The standard InChI is InChI=1S/C34H44N4O6S/c1-5-44-33(40)27-9-11-28(12-10-27)35-34(41)38(20-19-36-16-6-7-17-36)24-32(39)37(23-31-25(2)15-21-45-31)18-14-26-8-13-29(42-3)30(22-26)43-4/h8-13,15,21-22H,5-7,14,16-20,23-24H2,1-4H3,(H,35,41). The van der Waals surface area contributed by atoms with Crippen molar-refractivity contribution in [3.05, 3.63) is 75.5 Å². The van der Waals surface area contributed by atoms with E-state index in [4.69, 9.17) is 14.2 Å². The molecule has 0 atom stereocenters. The number of urea groups is 1. The van der Waals surface area contributed by atoms with Crippen molar-refractivity contribution in [2.75, 3.05) is 65.4 Å². The van der Waals surface area contributed by atoms with Crippen molar-refractivity contribution in [1.82, 2.24) is 14.7 Å². The second-order valence-corrected chi connectivity index (χ2v) is 12.0. The second kappa shape index (κ2) is 16.8. The van der Waals surface area contributed by atoms with Crippen molar-refractivity contribution in [2.45, 2.75) is 39.7 Å². The number of hydrogen-bond donors (Lipinski definition) is 1. The van der Waals surface area contributed by atoms with Crippen LogP contribution in [0.5, 0.6) is 11.5 Å². The highest BCUT2D eigenvalue weighted by Gasteiger charge is 2.24. The average Bonchev–Trinajstić information content (AvgIpc) is 3.72. The number of amides is 3. The number of nitrogens with one attached hydrogen (secondary N) is 1. The third-order valence-electron chi connectivity index (χ3n) is 7.92. The zero-order valence-electron chi connectivity index (χ0n) is 26.7. The molecule has 0 spiro atoms. The summed E-state index contributed by atoms with van der Waals surface area (Å²) in [4.78, 5) is 46.5. The molecule has 10 nitrogen and oxygen atoms in total. The molecule has 0 bridgehead atoms. The fourth-order valence-electron chi connectivity index (χ4n) is 5.22. The molecule has 1 aromatic heterocycles. The Hall–Kier alpha value is -4.09. The van der Waals surface area contributed by atoms with Crippen LogP contribution in [0.25, 0.3) is 0 Å². The number of nitrogens with zero attached hydrogens (tertiary/aromatic N) is 3. The van der Waals surface area contributed by atoms with Crippen LogP contribution < -0.4 is 14.8 Å². The summed E-state index contributed by atoms with van der Waals surface area (Å²) in [6, 6.07) is 14.0. The molecule has 45 heavy (non-hydrogen) atoms. The van der Waals surface area contributed by atoms with Crippen LogP contribution in [0.15, 0.2) is 53.9 Å². The molecule has 1 N–H and O–H groups in total. The van der Waals surface area contributed by atoms with E-state index in [0.29, 0.717) is 55.3 Å². The number of ether oxygens (including phenoxy) is 3. The van der Waals surface area contributed by atoms with E-state index >= 15 is 0 Å². The lowest BCUT2D eigenvalue weighted by Gasteiger charge is -2.29. The smallest absolute Gasteiger partial charge is 0.338 e. The van der Waals surface area contributed by atoms with E-state index in [1.165, 1.54) is 0 Å². The molecule has 4 rings (SSSR count). The van der Waals surface area contributed by atoms with Gasteiger partial charge in [0.1, 0.15) is 6.54 Å². The normalized spacial score (nSPS) is 12.9. The van der Waals surface area contributed by atoms with E-state index in [9.17, 15) is 14.4 Å². The molecule has 1 fully saturated rings. The number of carbonyl (C=O) groups excluding carboxylic acids is 3. The Bertz CT molecular complexity index is 1420. The first-order valence-corrected chi connectivity index (χ1v) is 16.3. The Balaban J connectivity index is 1.49. The number of hydrogen-bond acceptors (Lipinski definition) is 8. The Morgan fingerprint density at radius 2 is 1.67 bits per heavy atom. The third kappa shape index (κ3) is 9.70. The molecule has 0 aliphatic carbocycles. The molecule has 0 unspecified atom stereocenters. The second-order valence-electron chi connectivity index (χ2n) is 11.0. The predicted octanol–water partition coefficient (Wildman–Crippen LogP) is 5.45. The lowest BCUT2D eigenvalue weighted by molar-refractivity contribution is -0.132. The van der Waals surface area contributed by atoms with Crippen molar-refractivity contribution in [3.8, 4) is 11.5 Å². The number of benzene rings is 2. The van der Waals surface area contributed by atoms with Crippen LogP contribution in [0.3, 0.4) is 0 Å². The van der Waals surface area contributed by atoms with Gasteiger partial charge in [-0.1, -0.05) is 6.07 Å². The maximum absolute atomic E-state index is 14.0. The van der Waals surface area contributed by atoms with Gasteiger partial charge in [0.15, 0.2) is 11.5 Å². The SMILES string of the molecule is CCOC(=O)c1ccc(NC(=O)N(CCN2CCCC2)CC(=O)N(CCc2ccc(OC)c(OC)c2)Cc2sccc2C)cc1. The van der Waals surface area contributed by atoms with Crippen molar-refractivity contribution in [2.24, 2.45) is 0 Å². The molecule has 1 aliphatic heterocycles. The van der Waals surface area contributed by atoms with Gasteiger partial charge in [-0.15, -0.1) is 11.3 Å². The molecule has 2 aromatic carbocycles. The summed E-state index contributed by atoms with van der Waals surface area (Å²) in [6.45, 7) is 8.07. The maximum atomic E-state index is 14.0. The fourth-order valence-corrected chi connectivity index (χ4v) is 6.14. The number of esters is 1. The minimum atomic E-state index is -0.414. The number of rotatable bonds is 15. The van der Waals surface area contributed by atoms with E-state index < -0.39 is 5.97 Å². The minimum Gasteiger partial charge on any atom is -0.493 e. The summed E-state index contributed by atoms with van der Waals surface area (Å²) >= 11 is 1.63. The van der Waals surface area contributed by atoms with Gasteiger partial charge in [-0.2, -0.15) is 0 Å². The van der Waals surface area contributed by atoms with E-state index in [2.05, 4.69) is 16.3 Å². The lowest BCUT2D eigenvalue weighted by Crippen LogP contribution is -2.47. The number of aryl methyl sites for hydroxylation is 1. The predicted molar refractivity (Wildman–Crippen MR) is 176 cm³/mol. The highest BCUT2D eigenvalue weighted by atomic mass is 32.1. The monoisotopic (exact) mass is 636 g/mol. The van der Waals surface area contributed by atoms with Crippen LogP contribution in [-0.4, -0.2) is 92.7 Å². The molecule has 3 aromatic rings. The van der Waals surface area contributed by atoms with Crippen molar-refractivity contribution in [1.29, 1.82) is 0 Å². The van der Waals surface area contributed by atoms with Gasteiger partial charge in [0.25, 0.3) is 0 Å². The van der Waals surface area contributed by atoms with Crippen molar-refractivity contribution < 1.29 is 28.6 Å². The third-order valence-corrected chi connectivity index (χ3v) is 8.93. The van der Waals surface area contributed by atoms with Crippen LogP contribution in [0.1, 0.15) is 46.1 Å². The quantitative estimate of drug-likeness (QED) is 0.222. The van der Waals surface area contributed by atoms with Crippen molar-refractivity contribution >= 4 is 34.9 Å². The topological polar surface area (TPSA) is 101 Å². The largest absolute Gasteiger partial charge is 0.493 e. The van der Waals surface area contributed by atoms with Crippen LogP contribution in [0.2, 0.25) is 0 Å². The van der Waals surface area contributed by atoms with E-state index in [1.807, 2.05) is 35.4 Å². The Kier molecular flexibility index (Phi) is 12.6. The molecule has 242 valence electrons. The molecule has 0 radical (unpaired) electrons. The molecule has 2 heterocycles. The minimum absolute atomic E-state index is 0.0586. The molecule has 1 aliphatic rings. The van der Waals surface area contributed by atoms with Gasteiger partial charge in [0, 0.05) is 30.2 Å². The molecule has 1 saturated heterocycles. The highest BCUT2D eigenvalue weighted by Crippen LogP contribution is 2.28. The zero-order chi connectivity index (χ0) is 32.2. The van der Waals surface area contributed by atoms with E-state index in [-0.39, 0.29) is 25.1 Å². The van der Waals surface area contributed by atoms with Crippen LogP contribution >= 0.6 is 11.3 Å². The summed E-state index contributed by atoms with van der Waals surface area (Å²) in [5.74, 6) is 0.750. The van der Waals surface area contributed by atoms with Crippen LogP contribution in [-0.2, 0) is 22.5 Å². The van der Waals surface area contributed by atoms with Crippen molar-refractivity contribution in [3.63, 3.8) is 0 Å². The Labute approximate surface area is 269 Å². The molecule has 11 heteroatoms. The Morgan fingerprint density at radius 3 is 2.31 bits per heavy atom. The lowest BCUT2D eigenvalue weighted by atomic mass is 10.1. The van der Waals surface area contributed by atoms with E-state index in [0.717, 1.165) is 41.9 Å². The number of thiophene rings is 1. The molecular formula is C34H44N4O6S. The first kappa shape index (κ1) is 33.8. The summed E-state index contributed by atoms with van der Waals surface area (Å²) in [5, 5.41) is 4.95. The zero-order valence-corrected chi connectivity index (χ0v) is 27.5. The van der Waals surface area contributed by atoms with Crippen LogP contribution in [0.4, 0.5) is 10.5 Å². The molecular weight excluding hydrogens is 592 g/mol. The number of anilines is 1. The summed E-state index contributed by atoms with van der Waals surface area (Å²) in [7, 11) is 3.21. The van der Waals surface area contributed by atoms with E-state index in [1.54, 1.807) is 61.6 Å². The summed E-state index contributed by atoms with van der Waals surface area (Å²) in [5.41, 5.74) is 3.10. The molecule has 3 amide bonds. The maximum Gasteiger partial charge on any atom is 0.338 e. The highest BCUT2D eigenvalue weighted by molar-refractivity contribution is 7.10.